The van der Waals surface area contributed by atoms with E-state index in [0.29, 0.717) is 5.69 Å². The predicted octanol–water partition coefficient (Wildman–Crippen LogP) is 2.61. The van der Waals surface area contributed by atoms with Crippen molar-refractivity contribution in [3.05, 3.63) is 40.8 Å². The average molecular weight is 388 g/mol. The van der Waals surface area contributed by atoms with E-state index in [1.807, 2.05) is 12.1 Å². The smallest absolute Gasteiger partial charge is 0.316 e. The second-order valence-electron chi connectivity index (χ2n) is 6.86. The van der Waals surface area contributed by atoms with Gasteiger partial charge in [-0.1, -0.05) is 24.3 Å². The Balaban J connectivity index is 1.75. The molecule has 0 saturated carbocycles. The predicted molar refractivity (Wildman–Crippen MR) is 107 cm³/mol. The number of ether oxygens (including phenoxy) is 1. The number of nitrogens with two attached hydrogens (primary N) is 2. The molecule has 5 N–H and O–H groups in total. The van der Waals surface area contributed by atoms with Crippen molar-refractivity contribution in [2.75, 3.05) is 18.4 Å². The SMILES string of the molecule is C[C@@H]1CN(Cc2ccc(-c3cc(NC(N)=O)c(C(N)=O)s3)cc2)C[C@H](C)O1. The van der Waals surface area contributed by atoms with Crippen molar-refractivity contribution >= 4 is 29.0 Å². The van der Waals surface area contributed by atoms with Crippen molar-refractivity contribution in [2.24, 2.45) is 11.5 Å². The first kappa shape index (κ1) is 19.3. The molecule has 8 heteroatoms. The Morgan fingerprint density at radius 2 is 1.81 bits per heavy atom. The van der Waals surface area contributed by atoms with Crippen LogP contribution in [0.1, 0.15) is 29.1 Å². The van der Waals surface area contributed by atoms with Gasteiger partial charge in [-0.2, -0.15) is 0 Å². The third kappa shape index (κ3) is 4.85. The van der Waals surface area contributed by atoms with Crippen molar-refractivity contribution in [1.82, 2.24) is 4.90 Å². The number of benzene rings is 1. The summed E-state index contributed by atoms with van der Waals surface area (Å²) in [5.41, 5.74) is 13.1. The van der Waals surface area contributed by atoms with Crippen LogP contribution in [0.3, 0.4) is 0 Å². The number of hydrogen-bond acceptors (Lipinski definition) is 5. The highest BCUT2D eigenvalue weighted by Gasteiger charge is 2.22. The minimum atomic E-state index is -0.730. The van der Waals surface area contributed by atoms with Crippen LogP contribution in [0.25, 0.3) is 10.4 Å². The van der Waals surface area contributed by atoms with Crippen LogP contribution in [-0.2, 0) is 11.3 Å². The van der Waals surface area contributed by atoms with Gasteiger partial charge < -0.3 is 21.5 Å². The Morgan fingerprint density at radius 3 is 2.37 bits per heavy atom. The van der Waals surface area contributed by atoms with Crippen molar-refractivity contribution < 1.29 is 14.3 Å². The first-order valence-corrected chi connectivity index (χ1v) is 9.60. The van der Waals surface area contributed by atoms with E-state index in [1.165, 1.54) is 16.9 Å². The van der Waals surface area contributed by atoms with E-state index in [-0.39, 0.29) is 17.1 Å². The number of primary amides is 2. The normalized spacial score (nSPS) is 20.4. The lowest BCUT2D eigenvalue weighted by atomic mass is 10.1. The van der Waals surface area contributed by atoms with E-state index < -0.39 is 11.9 Å². The van der Waals surface area contributed by atoms with Gasteiger partial charge in [0.05, 0.1) is 17.9 Å². The van der Waals surface area contributed by atoms with E-state index in [4.69, 9.17) is 16.2 Å². The average Bonchev–Trinajstić information content (AvgIpc) is 2.98. The summed E-state index contributed by atoms with van der Waals surface area (Å²) >= 11 is 1.23. The molecule has 0 aliphatic carbocycles. The van der Waals surface area contributed by atoms with Crippen LogP contribution in [0, 0.1) is 0 Å². The number of hydrogen-bond donors (Lipinski definition) is 3. The highest BCUT2D eigenvalue weighted by atomic mass is 32.1. The lowest BCUT2D eigenvalue weighted by Gasteiger charge is -2.35. The fraction of sp³-hybridized carbons (Fsp3) is 0.368. The van der Waals surface area contributed by atoms with Gasteiger partial charge in [0, 0.05) is 24.5 Å². The zero-order chi connectivity index (χ0) is 19.6. The molecule has 3 rings (SSSR count). The van der Waals surface area contributed by atoms with Crippen molar-refractivity contribution in [3.8, 4) is 10.4 Å². The van der Waals surface area contributed by atoms with Crippen LogP contribution in [0.5, 0.6) is 0 Å². The third-order valence-electron chi connectivity index (χ3n) is 4.35. The highest BCUT2D eigenvalue weighted by Crippen LogP contribution is 2.34. The van der Waals surface area contributed by atoms with Crippen LogP contribution in [0.2, 0.25) is 0 Å². The standard InChI is InChI=1S/C19H24N4O3S/c1-11-8-23(9-12(2)26-11)10-13-3-5-14(6-4-13)16-7-15(22-19(21)25)17(27-16)18(20)24/h3-7,11-12H,8-10H2,1-2H3,(H2,20,24)(H3,21,22,25)/t11-,12+. The molecule has 144 valence electrons. The molecule has 0 bridgehead atoms. The second kappa shape index (κ2) is 8.08. The molecule has 1 saturated heterocycles. The maximum absolute atomic E-state index is 11.6. The summed E-state index contributed by atoms with van der Waals surface area (Å²) in [7, 11) is 0. The molecule has 1 aromatic heterocycles. The number of morpholine rings is 1. The summed E-state index contributed by atoms with van der Waals surface area (Å²) in [6, 6.07) is 9.15. The molecule has 0 radical (unpaired) electrons. The number of anilines is 1. The second-order valence-corrected chi connectivity index (χ2v) is 7.91. The summed E-state index contributed by atoms with van der Waals surface area (Å²) in [4.78, 5) is 26.2. The van der Waals surface area contributed by atoms with E-state index >= 15 is 0 Å². The quantitative estimate of drug-likeness (QED) is 0.731. The zero-order valence-corrected chi connectivity index (χ0v) is 16.2. The molecule has 7 nitrogen and oxygen atoms in total. The van der Waals surface area contributed by atoms with E-state index in [2.05, 4.69) is 36.2 Å². The molecule has 1 aliphatic rings. The van der Waals surface area contributed by atoms with E-state index in [1.54, 1.807) is 6.07 Å². The molecule has 2 aromatic rings. The third-order valence-corrected chi connectivity index (χ3v) is 5.55. The first-order valence-electron chi connectivity index (χ1n) is 8.79. The van der Waals surface area contributed by atoms with Gasteiger partial charge in [0.15, 0.2) is 0 Å². The van der Waals surface area contributed by atoms with Gasteiger partial charge in [-0.05, 0) is 31.0 Å². The van der Waals surface area contributed by atoms with Gasteiger partial charge in [0.25, 0.3) is 5.91 Å². The summed E-state index contributed by atoms with van der Waals surface area (Å²) in [6.07, 6.45) is 0.477. The first-order chi connectivity index (χ1) is 12.8. The maximum atomic E-state index is 11.6. The number of nitrogens with one attached hydrogen (secondary N) is 1. The molecular formula is C19H24N4O3S. The van der Waals surface area contributed by atoms with Crippen LogP contribution in [-0.4, -0.2) is 42.1 Å². The number of amides is 3. The minimum Gasteiger partial charge on any atom is -0.373 e. The molecule has 1 aliphatic heterocycles. The fourth-order valence-corrected chi connectivity index (χ4v) is 4.36. The van der Waals surface area contributed by atoms with Gasteiger partial charge in [-0.3, -0.25) is 9.69 Å². The lowest BCUT2D eigenvalue weighted by molar-refractivity contribution is -0.0704. The maximum Gasteiger partial charge on any atom is 0.316 e. The molecule has 2 atom stereocenters. The molecule has 1 fully saturated rings. The fourth-order valence-electron chi connectivity index (χ4n) is 3.39. The summed E-state index contributed by atoms with van der Waals surface area (Å²) in [5.74, 6) is -0.595. The molecule has 1 aromatic carbocycles. The van der Waals surface area contributed by atoms with Crippen LogP contribution >= 0.6 is 11.3 Å². The summed E-state index contributed by atoms with van der Waals surface area (Å²) in [6.45, 7) is 6.89. The summed E-state index contributed by atoms with van der Waals surface area (Å²) < 4.78 is 5.77. The number of rotatable bonds is 5. The Morgan fingerprint density at radius 1 is 1.19 bits per heavy atom. The largest absolute Gasteiger partial charge is 0.373 e. The number of urea groups is 1. The summed E-state index contributed by atoms with van der Waals surface area (Å²) in [5, 5.41) is 2.45. The molecule has 3 amide bonds. The zero-order valence-electron chi connectivity index (χ0n) is 15.4. The Bertz CT molecular complexity index is 824. The Labute approximate surface area is 162 Å². The van der Waals surface area contributed by atoms with Gasteiger partial charge >= 0.3 is 6.03 Å². The number of nitrogens with zero attached hydrogens (tertiary/aromatic N) is 1. The van der Waals surface area contributed by atoms with Gasteiger partial charge in [0.2, 0.25) is 0 Å². The number of carbonyl (C=O) groups excluding carboxylic acids is 2. The Kier molecular flexibility index (Phi) is 5.79. The van der Waals surface area contributed by atoms with E-state index in [9.17, 15) is 9.59 Å². The molecule has 0 spiro atoms. The van der Waals surface area contributed by atoms with E-state index in [0.717, 1.165) is 30.1 Å². The van der Waals surface area contributed by atoms with Crippen molar-refractivity contribution in [1.29, 1.82) is 0 Å². The van der Waals surface area contributed by atoms with Crippen molar-refractivity contribution in [3.63, 3.8) is 0 Å². The minimum absolute atomic E-state index is 0.238. The van der Waals surface area contributed by atoms with Crippen LogP contribution < -0.4 is 16.8 Å². The number of carbonyl (C=O) groups is 2. The van der Waals surface area contributed by atoms with Crippen molar-refractivity contribution in [2.45, 2.75) is 32.6 Å². The van der Waals surface area contributed by atoms with Crippen LogP contribution in [0.4, 0.5) is 10.5 Å². The molecule has 2 heterocycles. The lowest BCUT2D eigenvalue weighted by Crippen LogP contribution is -2.44. The molecular weight excluding hydrogens is 364 g/mol. The van der Waals surface area contributed by atoms with Gasteiger partial charge in [-0.15, -0.1) is 11.3 Å². The van der Waals surface area contributed by atoms with Gasteiger partial charge in [-0.25, -0.2) is 4.79 Å². The van der Waals surface area contributed by atoms with Gasteiger partial charge in [0.1, 0.15) is 4.88 Å². The Hall–Kier alpha value is -2.42. The topological polar surface area (TPSA) is 111 Å². The monoisotopic (exact) mass is 388 g/mol. The van der Waals surface area contributed by atoms with Crippen LogP contribution in [0.15, 0.2) is 30.3 Å². The highest BCUT2D eigenvalue weighted by molar-refractivity contribution is 7.18. The molecule has 27 heavy (non-hydrogen) atoms. The molecule has 0 unspecified atom stereocenters. The number of thiophene rings is 1.